The fraction of sp³-hybridized carbons (Fsp3) is 1.00. The van der Waals surface area contributed by atoms with Gasteiger partial charge in [-0.05, 0) is 31.6 Å². The molecule has 1 rings (SSSR count). The Hall–Kier alpha value is -0.0100. The number of alkyl halides is 4. The van der Waals surface area contributed by atoms with Crippen molar-refractivity contribution in [3.63, 3.8) is 0 Å². The standard InChI is InChI=1S/C11H19ClF3NO2S/c12-6-4-10-3-1-7-16(9-10)19(17,18)8-2-5-11(13,14)15/h10H,1-9H2. The zero-order valence-electron chi connectivity index (χ0n) is 10.6. The Morgan fingerprint density at radius 3 is 2.58 bits per heavy atom. The summed E-state index contributed by atoms with van der Waals surface area (Å²) in [5.74, 6) is 0.274. The van der Waals surface area contributed by atoms with E-state index in [1.807, 2.05) is 0 Å². The molecule has 1 saturated heterocycles. The topological polar surface area (TPSA) is 37.4 Å². The highest BCUT2D eigenvalue weighted by Crippen LogP contribution is 2.25. The van der Waals surface area contributed by atoms with Crippen LogP contribution in [0.15, 0.2) is 0 Å². The average molecular weight is 322 g/mol. The minimum atomic E-state index is -4.29. The molecule has 3 nitrogen and oxygen atoms in total. The second-order valence-electron chi connectivity index (χ2n) is 4.88. The first-order valence-corrected chi connectivity index (χ1v) is 8.49. The van der Waals surface area contributed by atoms with Crippen LogP contribution in [0, 0.1) is 5.92 Å². The number of hydrogen-bond acceptors (Lipinski definition) is 2. The molecule has 1 aliphatic rings. The summed E-state index contributed by atoms with van der Waals surface area (Å²) < 4.78 is 61.3. The van der Waals surface area contributed by atoms with E-state index in [1.54, 1.807) is 0 Å². The zero-order chi connectivity index (χ0) is 14.5. The molecule has 0 saturated carbocycles. The van der Waals surface area contributed by atoms with E-state index in [2.05, 4.69) is 0 Å². The van der Waals surface area contributed by atoms with Gasteiger partial charge < -0.3 is 0 Å². The molecule has 1 atom stereocenters. The second-order valence-corrected chi connectivity index (χ2v) is 7.35. The lowest BCUT2D eigenvalue weighted by atomic mass is 9.97. The van der Waals surface area contributed by atoms with Gasteiger partial charge in [0.1, 0.15) is 0 Å². The summed E-state index contributed by atoms with van der Waals surface area (Å²) >= 11 is 5.64. The smallest absolute Gasteiger partial charge is 0.212 e. The monoisotopic (exact) mass is 321 g/mol. The maximum Gasteiger partial charge on any atom is 0.389 e. The summed E-state index contributed by atoms with van der Waals surface area (Å²) in [4.78, 5) is 0. The summed E-state index contributed by atoms with van der Waals surface area (Å²) in [5.41, 5.74) is 0. The second kappa shape index (κ2) is 7.13. The van der Waals surface area contributed by atoms with Gasteiger partial charge in [-0.25, -0.2) is 12.7 Å². The van der Waals surface area contributed by atoms with Crippen LogP contribution in [0.2, 0.25) is 0 Å². The van der Waals surface area contributed by atoms with Crippen LogP contribution in [-0.2, 0) is 10.0 Å². The van der Waals surface area contributed by atoms with Gasteiger partial charge in [-0.2, -0.15) is 13.2 Å². The largest absolute Gasteiger partial charge is 0.389 e. The van der Waals surface area contributed by atoms with Gasteiger partial charge in [0.15, 0.2) is 0 Å². The quantitative estimate of drug-likeness (QED) is 0.705. The summed E-state index contributed by atoms with van der Waals surface area (Å²) in [6.07, 6.45) is -3.29. The summed E-state index contributed by atoms with van der Waals surface area (Å²) in [6.45, 7) is 0.800. The van der Waals surface area contributed by atoms with Crippen LogP contribution in [0.25, 0.3) is 0 Å². The van der Waals surface area contributed by atoms with Gasteiger partial charge in [-0.15, -0.1) is 11.6 Å². The van der Waals surface area contributed by atoms with Crippen LogP contribution in [0.1, 0.15) is 32.1 Å². The molecule has 0 aromatic rings. The van der Waals surface area contributed by atoms with Crippen molar-refractivity contribution in [2.24, 2.45) is 5.92 Å². The van der Waals surface area contributed by atoms with Crippen molar-refractivity contribution >= 4 is 21.6 Å². The van der Waals surface area contributed by atoms with Gasteiger partial charge >= 0.3 is 6.18 Å². The number of halogens is 4. The maximum absolute atomic E-state index is 12.0. The average Bonchev–Trinajstić information content (AvgIpc) is 2.28. The highest BCUT2D eigenvalue weighted by molar-refractivity contribution is 7.89. The summed E-state index contributed by atoms with van der Waals surface area (Å²) in [7, 11) is -3.57. The van der Waals surface area contributed by atoms with Crippen molar-refractivity contribution in [3.8, 4) is 0 Å². The van der Waals surface area contributed by atoms with Gasteiger partial charge in [0, 0.05) is 25.4 Å². The highest BCUT2D eigenvalue weighted by atomic mass is 35.5. The highest BCUT2D eigenvalue weighted by Gasteiger charge is 2.31. The maximum atomic E-state index is 12.0. The van der Waals surface area contributed by atoms with E-state index in [9.17, 15) is 21.6 Å². The lowest BCUT2D eigenvalue weighted by Gasteiger charge is -2.31. The Balaban J connectivity index is 2.47. The molecule has 0 spiro atoms. The Bertz CT molecular complexity index is 371. The normalized spacial score (nSPS) is 22.6. The van der Waals surface area contributed by atoms with E-state index >= 15 is 0 Å². The van der Waals surface area contributed by atoms with Crippen molar-refractivity contribution in [1.82, 2.24) is 4.31 Å². The molecule has 0 radical (unpaired) electrons. The minimum absolute atomic E-state index is 0.226. The number of nitrogens with zero attached hydrogens (tertiary/aromatic N) is 1. The Morgan fingerprint density at radius 2 is 2.00 bits per heavy atom. The number of hydrogen-bond donors (Lipinski definition) is 0. The molecule has 1 fully saturated rings. The molecule has 114 valence electrons. The molecule has 0 bridgehead atoms. The fourth-order valence-electron chi connectivity index (χ4n) is 2.25. The molecule has 0 amide bonds. The van der Waals surface area contributed by atoms with Crippen molar-refractivity contribution < 1.29 is 21.6 Å². The Morgan fingerprint density at radius 1 is 1.32 bits per heavy atom. The van der Waals surface area contributed by atoms with E-state index in [-0.39, 0.29) is 12.3 Å². The lowest BCUT2D eigenvalue weighted by molar-refractivity contribution is -0.134. The van der Waals surface area contributed by atoms with E-state index in [4.69, 9.17) is 11.6 Å². The predicted octanol–water partition coefficient (Wildman–Crippen LogP) is 3.00. The molecule has 19 heavy (non-hydrogen) atoms. The van der Waals surface area contributed by atoms with Crippen LogP contribution in [0.3, 0.4) is 0 Å². The van der Waals surface area contributed by atoms with E-state index in [0.717, 1.165) is 19.3 Å². The molecule has 0 aliphatic carbocycles. The first kappa shape index (κ1) is 17.0. The molecule has 1 aliphatic heterocycles. The van der Waals surface area contributed by atoms with Crippen LogP contribution in [0.5, 0.6) is 0 Å². The van der Waals surface area contributed by atoms with E-state index in [0.29, 0.717) is 19.0 Å². The van der Waals surface area contributed by atoms with Crippen LogP contribution >= 0.6 is 11.6 Å². The van der Waals surface area contributed by atoms with Crippen LogP contribution in [-0.4, -0.2) is 43.6 Å². The zero-order valence-corrected chi connectivity index (χ0v) is 12.2. The molecule has 0 N–H and O–H groups in total. The molecular weight excluding hydrogens is 303 g/mol. The predicted molar refractivity (Wildman–Crippen MR) is 68.7 cm³/mol. The third-order valence-electron chi connectivity index (χ3n) is 3.26. The number of rotatable bonds is 6. The number of piperidine rings is 1. The van der Waals surface area contributed by atoms with Crippen LogP contribution in [0.4, 0.5) is 13.2 Å². The van der Waals surface area contributed by atoms with Gasteiger partial charge in [-0.1, -0.05) is 0 Å². The molecular formula is C11H19ClF3NO2S. The SMILES string of the molecule is O=S(=O)(CCCC(F)(F)F)N1CCCC(CCCl)C1. The van der Waals surface area contributed by atoms with Gasteiger partial charge in [0.2, 0.25) is 10.0 Å². The van der Waals surface area contributed by atoms with Gasteiger partial charge in [0.05, 0.1) is 5.75 Å². The molecule has 8 heteroatoms. The van der Waals surface area contributed by atoms with Gasteiger partial charge in [-0.3, -0.25) is 0 Å². The minimum Gasteiger partial charge on any atom is -0.212 e. The third kappa shape index (κ3) is 6.31. The molecule has 1 unspecified atom stereocenters. The van der Waals surface area contributed by atoms with Crippen molar-refractivity contribution in [3.05, 3.63) is 0 Å². The first-order valence-electron chi connectivity index (χ1n) is 6.35. The molecule has 0 aromatic carbocycles. The third-order valence-corrected chi connectivity index (χ3v) is 5.40. The molecule has 1 heterocycles. The fourth-order valence-corrected chi connectivity index (χ4v) is 4.17. The Kier molecular flexibility index (Phi) is 6.39. The van der Waals surface area contributed by atoms with Crippen molar-refractivity contribution in [1.29, 1.82) is 0 Å². The van der Waals surface area contributed by atoms with Crippen molar-refractivity contribution in [2.75, 3.05) is 24.7 Å². The lowest BCUT2D eigenvalue weighted by Crippen LogP contribution is -2.41. The van der Waals surface area contributed by atoms with Gasteiger partial charge in [0.25, 0.3) is 0 Å². The first-order chi connectivity index (χ1) is 8.74. The molecule has 0 aromatic heterocycles. The van der Waals surface area contributed by atoms with Crippen LogP contribution < -0.4 is 0 Å². The summed E-state index contributed by atoms with van der Waals surface area (Å²) in [5, 5.41) is 0. The Labute approximate surface area is 117 Å². The number of sulfonamides is 1. The van der Waals surface area contributed by atoms with E-state index in [1.165, 1.54) is 4.31 Å². The summed E-state index contributed by atoms with van der Waals surface area (Å²) in [6, 6.07) is 0. The van der Waals surface area contributed by atoms with Crippen molar-refractivity contribution in [2.45, 2.75) is 38.3 Å². The van der Waals surface area contributed by atoms with E-state index < -0.39 is 28.4 Å².